The van der Waals surface area contributed by atoms with Crippen LogP contribution < -0.4 is 4.74 Å². The van der Waals surface area contributed by atoms with E-state index >= 15 is 0 Å². The first kappa shape index (κ1) is 21.1. The Hall–Kier alpha value is -3.16. The second-order valence-corrected chi connectivity index (χ2v) is 9.64. The minimum Gasteiger partial charge on any atom is -0.497 e. The number of nitrogens with zero attached hydrogens (tertiary/aromatic N) is 1. The molecular weight excluding hydrogens is 430 g/mol. The molecule has 0 N–H and O–H groups in total. The number of hydrogen-bond acceptors (Lipinski definition) is 5. The molecule has 5 nitrogen and oxygen atoms in total. The third kappa shape index (κ3) is 4.47. The van der Waals surface area contributed by atoms with E-state index in [1.807, 2.05) is 31.2 Å². The zero-order valence-electron chi connectivity index (χ0n) is 16.9. The molecule has 3 aromatic rings. The molecule has 7 heteroatoms. The van der Waals surface area contributed by atoms with Crippen molar-refractivity contribution in [3.05, 3.63) is 100 Å². The van der Waals surface area contributed by atoms with Crippen LogP contribution in [0.15, 0.2) is 98.0 Å². The summed E-state index contributed by atoms with van der Waals surface area (Å²) >= 11 is 1.29. The molecule has 156 valence electrons. The number of carbonyl (C=O) groups is 1. The van der Waals surface area contributed by atoms with Gasteiger partial charge in [0.2, 0.25) is 0 Å². The Morgan fingerprint density at radius 2 is 1.52 bits per heavy atom. The van der Waals surface area contributed by atoms with Crippen LogP contribution in [-0.4, -0.2) is 27.0 Å². The largest absolute Gasteiger partial charge is 0.497 e. The number of thioether (sulfide) groups is 1. The van der Waals surface area contributed by atoms with Gasteiger partial charge in [-0.25, -0.2) is 0 Å². The Morgan fingerprint density at radius 1 is 0.871 bits per heavy atom. The van der Waals surface area contributed by atoms with Gasteiger partial charge in [0.05, 0.1) is 22.6 Å². The molecule has 0 spiro atoms. The van der Waals surface area contributed by atoms with Crippen LogP contribution in [0.2, 0.25) is 0 Å². The number of aryl methyl sites for hydroxylation is 1. The minimum absolute atomic E-state index is 0.0521. The normalized spacial score (nSPS) is 14.8. The molecule has 0 saturated heterocycles. The summed E-state index contributed by atoms with van der Waals surface area (Å²) in [4.78, 5) is 14.4. The van der Waals surface area contributed by atoms with Crippen LogP contribution in [0.5, 0.6) is 5.75 Å². The topological polar surface area (TPSA) is 72.8 Å². The van der Waals surface area contributed by atoms with Gasteiger partial charge in [-0.1, -0.05) is 53.7 Å². The number of benzene rings is 3. The lowest BCUT2D eigenvalue weighted by Gasteiger charge is -2.17. The van der Waals surface area contributed by atoms with Crippen LogP contribution in [0.1, 0.15) is 21.5 Å². The molecule has 0 aromatic heterocycles. The van der Waals surface area contributed by atoms with Gasteiger partial charge in [0.1, 0.15) is 5.75 Å². The smallest absolute Gasteiger partial charge is 0.282 e. The second-order valence-electron chi connectivity index (χ2n) is 6.93. The van der Waals surface area contributed by atoms with Crippen molar-refractivity contribution in [2.75, 3.05) is 7.11 Å². The number of fused-ring (bicyclic) bond motifs is 1. The van der Waals surface area contributed by atoms with E-state index in [4.69, 9.17) is 4.74 Å². The van der Waals surface area contributed by atoms with Crippen molar-refractivity contribution in [3.63, 3.8) is 0 Å². The maximum absolute atomic E-state index is 13.0. The van der Waals surface area contributed by atoms with E-state index in [-0.39, 0.29) is 16.4 Å². The molecule has 1 aliphatic carbocycles. The molecule has 3 aromatic carbocycles. The first-order valence-electron chi connectivity index (χ1n) is 9.47. The summed E-state index contributed by atoms with van der Waals surface area (Å²) in [6.45, 7) is 1.99. The first-order chi connectivity index (χ1) is 14.9. The highest BCUT2D eigenvalue weighted by Gasteiger charge is 2.26. The van der Waals surface area contributed by atoms with E-state index in [1.165, 1.54) is 31.0 Å². The SMILES string of the molecule is COc1ccc(S(=O)(=O)/N=C2\C=C(Sc3ccc(C)cc3)C(=O)c3ccccc32)cc1. The van der Waals surface area contributed by atoms with Crippen molar-refractivity contribution < 1.29 is 17.9 Å². The van der Waals surface area contributed by atoms with E-state index < -0.39 is 10.0 Å². The van der Waals surface area contributed by atoms with Crippen LogP contribution >= 0.6 is 11.8 Å². The maximum Gasteiger partial charge on any atom is 0.282 e. The molecule has 0 amide bonds. The summed E-state index contributed by atoms with van der Waals surface area (Å²) in [7, 11) is -2.47. The monoisotopic (exact) mass is 449 g/mol. The first-order valence-corrected chi connectivity index (χ1v) is 11.7. The molecule has 0 saturated carbocycles. The summed E-state index contributed by atoms with van der Waals surface area (Å²) in [5.74, 6) is 0.402. The average Bonchev–Trinajstić information content (AvgIpc) is 2.78. The quantitative estimate of drug-likeness (QED) is 0.545. The van der Waals surface area contributed by atoms with Crippen molar-refractivity contribution in [2.24, 2.45) is 4.40 Å². The third-order valence-electron chi connectivity index (χ3n) is 4.76. The van der Waals surface area contributed by atoms with Crippen LogP contribution in [-0.2, 0) is 10.0 Å². The van der Waals surface area contributed by atoms with Crippen LogP contribution in [0.25, 0.3) is 0 Å². The highest BCUT2D eigenvalue weighted by molar-refractivity contribution is 8.04. The molecule has 1 aliphatic rings. The third-order valence-corrected chi connectivity index (χ3v) is 7.10. The van der Waals surface area contributed by atoms with Crippen LogP contribution in [0, 0.1) is 6.92 Å². The standard InChI is InChI=1S/C24H19NO4S2/c1-16-7-11-18(12-8-16)30-23-15-22(20-5-3-4-6-21(20)24(23)26)25-31(27,28)19-13-9-17(29-2)10-14-19/h3-15H,1-2H3/b25-22+. The van der Waals surface area contributed by atoms with Gasteiger partial charge in [0, 0.05) is 16.0 Å². The lowest BCUT2D eigenvalue weighted by atomic mass is 9.94. The summed E-state index contributed by atoms with van der Waals surface area (Å²) < 4.78 is 35.1. The Bertz CT molecular complexity index is 1310. The fourth-order valence-corrected chi connectivity index (χ4v) is 5.01. The molecule has 0 fully saturated rings. The summed E-state index contributed by atoms with van der Waals surface area (Å²) in [6, 6.07) is 20.7. The number of rotatable bonds is 5. The zero-order valence-corrected chi connectivity index (χ0v) is 18.5. The molecule has 0 atom stereocenters. The molecular formula is C24H19NO4S2. The number of carbonyl (C=O) groups excluding carboxylic acids is 1. The fraction of sp³-hybridized carbons (Fsp3) is 0.0833. The summed E-state index contributed by atoms with van der Waals surface area (Å²) in [6.07, 6.45) is 1.55. The van der Waals surface area contributed by atoms with Gasteiger partial charge in [-0.2, -0.15) is 12.8 Å². The van der Waals surface area contributed by atoms with Crippen molar-refractivity contribution in [3.8, 4) is 5.75 Å². The molecule has 0 radical (unpaired) electrons. The van der Waals surface area contributed by atoms with Gasteiger partial charge < -0.3 is 4.74 Å². The summed E-state index contributed by atoms with van der Waals surface area (Å²) in [5.41, 5.74) is 2.29. The Kier molecular flexibility index (Phi) is 5.80. The Labute approximate surface area is 185 Å². The van der Waals surface area contributed by atoms with E-state index in [0.717, 1.165) is 10.5 Å². The number of ether oxygens (including phenoxy) is 1. The number of Topliss-reactive ketones (excluding diaryl/α,β-unsaturated/α-hetero) is 1. The van der Waals surface area contributed by atoms with Gasteiger partial charge >= 0.3 is 0 Å². The van der Waals surface area contributed by atoms with Crippen molar-refractivity contribution in [2.45, 2.75) is 16.7 Å². The maximum atomic E-state index is 13.0. The average molecular weight is 450 g/mol. The number of ketones is 1. The highest BCUT2D eigenvalue weighted by Crippen LogP contribution is 2.34. The van der Waals surface area contributed by atoms with Crippen molar-refractivity contribution in [1.82, 2.24) is 0 Å². The molecule has 0 heterocycles. The lowest BCUT2D eigenvalue weighted by molar-refractivity contribution is 0.104. The summed E-state index contributed by atoms with van der Waals surface area (Å²) in [5, 5.41) is 0. The molecule has 0 unspecified atom stereocenters. The van der Waals surface area contributed by atoms with E-state index in [1.54, 1.807) is 42.5 Å². The predicted molar refractivity (Wildman–Crippen MR) is 123 cm³/mol. The van der Waals surface area contributed by atoms with Gasteiger partial charge in [-0.05, 0) is 49.4 Å². The van der Waals surface area contributed by atoms with Gasteiger partial charge in [-0.3, -0.25) is 4.79 Å². The van der Waals surface area contributed by atoms with Gasteiger partial charge in [0.25, 0.3) is 10.0 Å². The number of hydrogen-bond donors (Lipinski definition) is 0. The zero-order chi connectivity index (χ0) is 22.0. The molecule has 4 rings (SSSR count). The van der Waals surface area contributed by atoms with Gasteiger partial charge in [0.15, 0.2) is 5.78 Å². The Balaban J connectivity index is 1.78. The molecule has 0 bridgehead atoms. The van der Waals surface area contributed by atoms with Gasteiger partial charge in [-0.15, -0.1) is 0 Å². The highest BCUT2D eigenvalue weighted by atomic mass is 32.2. The van der Waals surface area contributed by atoms with Crippen molar-refractivity contribution >= 4 is 33.3 Å². The minimum atomic E-state index is -3.98. The molecule has 31 heavy (non-hydrogen) atoms. The molecule has 0 aliphatic heterocycles. The van der Waals surface area contributed by atoms with Crippen LogP contribution in [0.3, 0.4) is 0 Å². The van der Waals surface area contributed by atoms with Crippen molar-refractivity contribution in [1.29, 1.82) is 0 Å². The van der Waals surface area contributed by atoms with E-state index in [0.29, 0.717) is 21.8 Å². The number of methoxy groups -OCH3 is 1. The number of allylic oxidation sites excluding steroid dienone is 2. The lowest BCUT2D eigenvalue weighted by Crippen LogP contribution is -2.17. The van der Waals surface area contributed by atoms with E-state index in [2.05, 4.69) is 4.40 Å². The predicted octanol–water partition coefficient (Wildman–Crippen LogP) is 5.05. The fourth-order valence-electron chi connectivity index (χ4n) is 3.12. The van der Waals surface area contributed by atoms with E-state index in [9.17, 15) is 13.2 Å². The second kappa shape index (κ2) is 8.53. The number of sulfonamides is 1. The Morgan fingerprint density at radius 3 is 2.16 bits per heavy atom. The van der Waals surface area contributed by atoms with Crippen LogP contribution in [0.4, 0.5) is 0 Å².